The second-order valence-electron chi connectivity index (χ2n) is 3.87. The number of aryl methyl sites for hydroxylation is 1. The number of anilines is 1. The van der Waals surface area contributed by atoms with Crippen LogP contribution in [-0.4, -0.2) is 34.0 Å². The lowest BCUT2D eigenvalue weighted by Gasteiger charge is -2.21. The van der Waals surface area contributed by atoms with E-state index in [1.807, 2.05) is 11.8 Å². The third-order valence-electron chi connectivity index (χ3n) is 2.50. The molecule has 1 rings (SSSR count). The number of rotatable bonds is 5. The van der Waals surface area contributed by atoms with E-state index in [0.29, 0.717) is 19.6 Å². The monoisotopic (exact) mass is 241 g/mol. The van der Waals surface area contributed by atoms with Gasteiger partial charge in [-0.05, 0) is 6.42 Å². The van der Waals surface area contributed by atoms with Crippen LogP contribution in [0.25, 0.3) is 0 Å². The number of nitrogens with zero attached hydrogens (tertiary/aromatic N) is 4. The summed E-state index contributed by atoms with van der Waals surface area (Å²) in [6.45, 7) is 3.69. The highest BCUT2D eigenvalue weighted by atomic mass is 16.2. The van der Waals surface area contributed by atoms with Crippen molar-refractivity contribution >= 4 is 5.82 Å². The first-order valence-electron chi connectivity index (χ1n) is 5.62. The molecular formula is C10H19N5O2. The van der Waals surface area contributed by atoms with E-state index in [2.05, 4.69) is 5.10 Å². The average molecular weight is 241 g/mol. The Bertz CT molecular complexity index is 484. The van der Waals surface area contributed by atoms with Crippen molar-refractivity contribution in [2.24, 2.45) is 19.8 Å². The summed E-state index contributed by atoms with van der Waals surface area (Å²) in [6, 6.07) is 0. The van der Waals surface area contributed by atoms with Crippen molar-refractivity contribution in [1.82, 2.24) is 14.3 Å². The quantitative estimate of drug-likeness (QED) is 0.689. The molecule has 0 fully saturated rings. The van der Waals surface area contributed by atoms with E-state index in [1.54, 1.807) is 0 Å². The van der Waals surface area contributed by atoms with Crippen molar-refractivity contribution in [2.45, 2.75) is 13.3 Å². The van der Waals surface area contributed by atoms with Gasteiger partial charge in [0.2, 0.25) is 5.82 Å². The highest BCUT2D eigenvalue weighted by molar-refractivity contribution is 5.34. The fourth-order valence-corrected chi connectivity index (χ4v) is 1.63. The van der Waals surface area contributed by atoms with Crippen LogP contribution in [0.5, 0.6) is 0 Å². The number of aromatic nitrogens is 3. The third kappa shape index (κ3) is 2.73. The molecule has 0 radical (unpaired) electrons. The lowest BCUT2D eigenvalue weighted by Crippen LogP contribution is -2.44. The molecule has 96 valence electrons. The predicted molar refractivity (Wildman–Crippen MR) is 66.3 cm³/mol. The van der Waals surface area contributed by atoms with Crippen LogP contribution in [0.3, 0.4) is 0 Å². The molecule has 0 unspecified atom stereocenters. The van der Waals surface area contributed by atoms with Crippen LogP contribution in [0.1, 0.15) is 13.3 Å². The molecule has 0 aliphatic heterocycles. The Balaban J connectivity index is 3.29. The SMILES string of the molecule is CCCN(CCN)c1nn(C)c(=O)n(C)c1=O. The van der Waals surface area contributed by atoms with Crippen LogP contribution in [0.15, 0.2) is 9.59 Å². The summed E-state index contributed by atoms with van der Waals surface area (Å²) in [7, 11) is 2.97. The molecule has 1 aromatic rings. The fourth-order valence-electron chi connectivity index (χ4n) is 1.63. The topological polar surface area (TPSA) is 86.2 Å². The highest BCUT2D eigenvalue weighted by Crippen LogP contribution is 2.01. The fraction of sp³-hybridized carbons (Fsp3) is 0.700. The van der Waals surface area contributed by atoms with Gasteiger partial charge in [0.15, 0.2) is 0 Å². The second-order valence-corrected chi connectivity index (χ2v) is 3.87. The normalized spacial score (nSPS) is 10.6. The summed E-state index contributed by atoms with van der Waals surface area (Å²) in [5.74, 6) is 0.280. The summed E-state index contributed by atoms with van der Waals surface area (Å²) in [5, 5.41) is 4.01. The Hall–Kier alpha value is -1.63. The predicted octanol–water partition coefficient (Wildman–Crippen LogP) is -1.35. The molecular weight excluding hydrogens is 222 g/mol. The van der Waals surface area contributed by atoms with E-state index in [1.165, 1.54) is 14.1 Å². The Morgan fingerprint density at radius 3 is 2.47 bits per heavy atom. The molecule has 17 heavy (non-hydrogen) atoms. The van der Waals surface area contributed by atoms with Gasteiger partial charge in [-0.3, -0.25) is 9.36 Å². The Kier molecular flexibility index (Phi) is 4.45. The van der Waals surface area contributed by atoms with Crippen molar-refractivity contribution in [3.05, 3.63) is 20.8 Å². The zero-order chi connectivity index (χ0) is 13.0. The molecule has 0 aliphatic rings. The first kappa shape index (κ1) is 13.4. The zero-order valence-corrected chi connectivity index (χ0v) is 10.5. The van der Waals surface area contributed by atoms with Crippen molar-refractivity contribution in [2.75, 3.05) is 24.5 Å². The molecule has 0 aromatic carbocycles. The summed E-state index contributed by atoms with van der Waals surface area (Å²) in [5.41, 5.74) is 4.70. The molecule has 0 amide bonds. The van der Waals surface area contributed by atoms with Gasteiger partial charge in [-0.25, -0.2) is 9.48 Å². The maximum atomic E-state index is 11.9. The summed E-state index contributed by atoms with van der Waals surface area (Å²) in [6.07, 6.45) is 0.883. The van der Waals surface area contributed by atoms with E-state index in [0.717, 1.165) is 15.7 Å². The van der Waals surface area contributed by atoms with E-state index in [4.69, 9.17) is 5.73 Å². The lowest BCUT2D eigenvalue weighted by molar-refractivity contribution is 0.586. The minimum atomic E-state index is -0.428. The first-order valence-corrected chi connectivity index (χ1v) is 5.62. The summed E-state index contributed by atoms with van der Waals surface area (Å²) < 4.78 is 2.22. The van der Waals surface area contributed by atoms with Crippen LogP contribution in [-0.2, 0) is 14.1 Å². The van der Waals surface area contributed by atoms with Crippen LogP contribution < -0.4 is 21.9 Å². The van der Waals surface area contributed by atoms with E-state index >= 15 is 0 Å². The van der Waals surface area contributed by atoms with Gasteiger partial charge in [0, 0.05) is 33.7 Å². The standard InChI is InChI=1S/C10H19N5O2/c1-4-6-15(7-5-11)8-9(16)13(2)10(17)14(3)12-8/h4-7,11H2,1-3H3. The van der Waals surface area contributed by atoms with Crippen molar-refractivity contribution < 1.29 is 0 Å². The zero-order valence-electron chi connectivity index (χ0n) is 10.5. The van der Waals surface area contributed by atoms with Crippen molar-refractivity contribution in [3.8, 4) is 0 Å². The summed E-state index contributed by atoms with van der Waals surface area (Å²) in [4.78, 5) is 25.2. The lowest BCUT2D eigenvalue weighted by atomic mass is 10.4. The van der Waals surface area contributed by atoms with Crippen LogP contribution in [0.4, 0.5) is 5.82 Å². The smallest absolute Gasteiger partial charge is 0.346 e. The molecule has 2 N–H and O–H groups in total. The first-order chi connectivity index (χ1) is 8.02. The van der Waals surface area contributed by atoms with E-state index in [9.17, 15) is 9.59 Å². The second kappa shape index (κ2) is 5.62. The van der Waals surface area contributed by atoms with Crippen LogP contribution >= 0.6 is 0 Å². The Morgan fingerprint density at radius 2 is 1.94 bits per heavy atom. The largest absolute Gasteiger partial charge is 0.349 e. The Labute approximate surface area is 99.5 Å². The van der Waals surface area contributed by atoms with Gasteiger partial charge in [0.25, 0.3) is 5.56 Å². The van der Waals surface area contributed by atoms with Gasteiger partial charge in [-0.1, -0.05) is 6.92 Å². The molecule has 0 aliphatic carbocycles. The maximum Gasteiger partial charge on any atom is 0.346 e. The van der Waals surface area contributed by atoms with Gasteiger partial charge in [0.05, 0.1) is 0 Å². The van der Waals surface area contributed by atoms with Gasteiger partial charge in [0.1, 0.15) is 0 Å². The highest BCUT2D eigenvalue weighted by Gasteiger charge is 2.14. The molecule has 0 saturated carbocycles. The minimum absolute atomic E-state index is 0.280. The molecule has 7 heteroatoms. The van der Waals surface area contributed by atoms with Gasteiger partial charge >= 0.3 is 5.69 Å². The van der Waals surface area contributed by atoms with E-state index < -0.39 is 5.69 Å². The molecule has 0 spiro atoms. The van der Waals surface area contributed by atoms with E-state index in [-0.39, 0.29) is 11.4 Å². The molecule has 0 atom stereocenters. The van der Waals surface area contributed by atoms with Gasteiger partial charge in [-0.15, -0.1) is 5.10 Å². The molecule has 0 saturated heterocycles. The Morgan fingerprint density at radius 1 is 1.29 bits per heavy atom. The molecule has 1 aromatic heterocycles. The number of hydrogen-bond donors (Lipinski definition) is 1. The average Bonchev–Trinajstić information content (AvgIpc) is 2.31. The molecule has 0 bridgehead atoms. The van der Waals surface area contributed by atoms with Crippen molar-refractivity contribution in [3.63, 3.8) is 0 Å². The summed E-state index contributed by atoms with van der Waals surface area (Å²) >= 11 is 0. The van der Waals surface area contributed by atoms with Gasteiger partial charge in [-0.2, -0.15) is 0 Å². The van der Waals surface area contributed by atoms with Gasteiger partial charge < -0.3 is 10.6 Å². The molecule has 1 heterocycles. The number of hydrogen-bond acceptors (Lipinski definition) is 5. The molecule has 7 nitrogen and oxygen atoms in total. The maximum absolute atomic E-state index is 11.9. The van der Waals surface area contributed by atoms with Crippen LogP contribution in [0.2, 0.25) is 0 Å². The number of nitrogens with two attached hydrogens (primary N) is 1. The van der Waals surface area contributed by atoms with Crippen molar-refractivity contribution in [1.29, 1.82) is 0 Å². The minimum Gasteiger partial charge on any atom is -0.349 e. The third-order valence-corrected chi connectivity index (χ3v) is 2.50. The van der Waals surface area contributed by atoms with Crippen LogP contribution in [0, 0.1) is 0 Å².